The minimum absolute atomic E-state index is 0.0878. The molecule has 1 aliphatic carbocycles. The van der Waals surface area contributed by atoms with Crippen molar-refractivity contribution in [3.63, 3.8) is 0 Å². The number of benzene rings is 2. The van der Waals surface area contributed by atoms with E-state index in [1.54, 1.807) is 0 Å². The number of hydrogen-bond acceptors (Lipinski definition) is 2. The van der Waals surface area contributed by atoms with Crippen molar-refractivity contribution in [2.24, 2.45) is 0 Å². The van der Waals surface area contributed by atoms with Gasteiger partial charge in [0, 0.05) is 11.6 Å². The molecular weight excluding hydrogens is 334 g/mol. The van der Waals surface area contributed by atoms with Crippen LogP contribution < -0.4 is 10.1 Å². The van der Waals surface area contributed by atoms with Gasteiger partial charge in [-0.05, 0) is 73.1 Å². The predicted molar refractivity (Wildman–Crippen MR) is 101 cm³/mol. The van der Waals surface area contributed by atoms with Gasteiger partial charge < -0.3 is 10.1 Å². The highest BCUT2D eigenvalue weighted by Crippen LogP contribution is 2.26. The van der Waals surface area contributed by atoms with Gasteiger partial charge in [0.15, 0.2) is 6.10 Å². The Bertz CT molecular complexity index is 727. The Hall–Kier alpha value is -2.00. The first kappa shape index (κ1) is 17.8. The van der Waals surface area contributed by atoms with Crippen LogP contribution in [0.5, 0.6) is 5.75 Å². The normalized spacial score (nSPS) is 14.5. The fraction of sp³-hybridized carbons (Fsp3) is 0.381. The highest BCUT2D eigenvalue weighted by atomic mass is 35.5. The molecule has 4 heteroatoms. The molecule has 1 amide bonds. The monoisotopic (exact) mass is 357 g/mol. The Kier molecular flexibility index (Phi) is 5.98. The zero-order valence-electron chi connectivity index (χ0n) is 14.6. The smallest absolute Gasteiger partial charge is 0.261 e. The Morgan fingerprint density at radius 3 is 2.56 bits per heavy atom. The number of rotatable bonds is 6. The van der Waals surface area contributed by atoms with E-state index in [4.69, 9.17) is 16.3 Å². The molecule has 0 heterocycles. The summed E-state index contributed by atoms with van der Waals surface area (Å²) in [6.07, 6.45) is 4.89. The van der Waals surface area contributed by atoms with Crippen molar-refractivity contribution in [1.82, 2.24) is 5.32 Å². The van der Waals surface area contributed by atoms with Gasteiger partial charge in [0.25, 0.3) is 5.91 Å². The third-order valence-electron chi connectivity index (χ3n) is 4.64. The molecule has 1 N–H and O–H groups in total. The summed E-state index contributed by atoms with van der Waals surface area (Å²) < 4.78 is 5.97. The SMILES string of the molecule is CCC(Oc1ccc2c(c1)CCCC2)C(=O)NCc1ccc(Cl)cc1. The molecule has 3 rings (SSSR count). The summed E-state index contributed by atoms with van der Waals surface area (Å²) in [4.78, 5) is 12.4. The first-order valence-corrected chi connectivity index (χ1v) is 9.34. The summed E-state index contributed by atoms with van der Waals surface area (Å²) in [5.74, 6) is 0.698. The second-order valence-electron chi connectivity index (χ2n) is 6.50. The highest BCUT2D eigenvalue weighted by molar-refractivity contribution is 6.30. The molecule has 0 saturated heterocycles. The maximum absolute atomic E-state index is 12.4. The zero-order valence-corrected chi connectivity index (χ0v) is 15.3. The van der Waals surface area contributed by atoms with Crippen LogP contribution in [-0.4, -0.2) is 12.0 Å². The molecule has 25 heavy (non-hydrogen) atoms. The van der Waals surface area contributed by atoms with E-state index >= 15 is 0 Å². The molecule has 3 nitrogen and oxygen atoms in total. The third-order valence-corrected chi connectivity index (χ3v) is 4.89. The standard InChI is InChI=1S/C21H24ClNO2/c1-2-20(21(24)23-14-15-7-10-18(22)11-8-15)25-19-12-9-16-5-3-4-6-17(16)13-19/h7-13,20H,2-6,14H2,1H3,(H,23,24). The van der Waals surface area contributed by atoms with E-state index in [0.29, 0.717) is 18.0 Å². The molecule has 0 fully saturated rings. The number of ether oxygens (including phenoxy) is 1. The van der Waals surface area contributed by atoms with Gasteiger partial charge in [0.1, 0.15) is 5.75 Å². The Morgan fingerprint density at radius 2 is 1.84 bits per heavy atom. The second kappa shape index (κ2) is 8.39. The van der Waals surface area contributed by atoms with E-state index in [0.717, 1.165) is 24.2 Å². The predicted octanol–water partition coefficient (Wildman–Crippen LogP) is 4.69. The molecule has 0 spiro atoms. The van der Waals surface area contributed by atoms with Gasteiger partial charge in [0.05, 0.1) is 0 Å². The van der Waals surface area contributed by atoms with E-state index in [-0.39, 0.29) is 5.91 Å². The molecule has 132 valence electrons. The van der Waals surface area contributed by atoms with E-state index in [9.17, 15) is 4.79 Å². The Labute approximate surface area is 154 Å². The van der Waals surface area contributed by atoms with Crippen LogP contribution in [0.25, 0.3) is 0 Å². The maximum Gasteiger partial charge on any atom is 0.261 e. The second-order valence-corrected chi connectivity index (χ2v) is 6.93. The first-order chi connectivity index (χ1) is 12.2. The van der Waals surface area contributed by atoms with Crippen molar-refractivity contribution in [3.05, 3.63) is 64.2 Å². The molecule has 0 radical (unpaired) electrons. The van der Waals surface area contributed by atoms with Crippen LogP contribution in [0.3, 0.4) is 0 Å². The van der Waals surface area contributed by atoms with Crippen molar-refractivity contribution in [3.8, 4) is 5.75 Å². The van der Waals surface area contributed by atoms with Gasteiger partial charge in [-0.15, -0.1) is 0 Å². The minimum atomic E-state index is -0.478. The van der Waals surface area contributed by atoms with Gasteiger partial charge in [-0.1, -0.05) is 36.7 Å². The number of halogens is 1. The highest BCUT2D eigenvalue weighted by Gasteiger charge is 2.19. The van der Waals surface area contributed by atoms with Gasteiger partial charge >= 0.3 is 0 Å². The van der Waals surface area contributed by atoms with Crippen molar-refractivity contribution < 1.29 is 9.53 Å². The number of aryl methyl sites for hydroxylation is 2. The summed E-state index contributed by atoms with van der Waals surface area (Å²) in [6, 6.07) is 13.7. The molecule has 0 bridgehead atoms. The van der Waals surface area contributed by atoms with E-state index in [2.05, 4.69) is 17.4 Å². The van der Waals surface area contributed by atoms with E-state index in [1.807, 2.05) is 37.3 Å². The van der Waals surface area contributed by atoms with Crippen molar-refractivity contribution in [2.75, 3.05) is 0 Å². The van der Waals surface area contributed by atoms with Crippen molar-refractivity contribution in [1.29, 1.82) is 0 Å². The number of hydrogen-bond donors (Lipinski definition) is 1. The number of carbonyl (C=O) groups excluding carboxylic acids is 1. The Morgan fingerprint density at radius 1 is 1.12 bits per heavy atom. The number of fused-ring (bicyclic) bond motifs is 1. The zero-order chi connectivity index (χ0) is 17.6. The summed E-state index contributed by atoms with van der Waals surface area (Å²) in [5.41, 5.74) is 3.79. The van der Waals surface area contributed by atoms with Crippen LogP contribution in [0.1, 0.15) is 42.9 Å². The maximum atomic E-state index is 12.4. The van der Waals surface area contributed by atoms with E-state index < -0.39 is 6.10 Å². The summed E-state index contributed by atoms with van der Waals surface area (Å²) in [6.45, 7) is 2.44. The molecular formula is C21H24ClNO2. The number of nitrogens with one attached hydrogen (secondary N) is 1. The van der Waals surface area contributed by atoms with Crippen LogP contribution >= 0.6 is 11.6 Å². The van der Waals surface area contributed by atoms with Gasteiger partial charge in [-0.3, -0.25) is 4.79 Å². The average molecular weight is 358 g/mol. The number of carbonyl (C=O) groups is 1. The number of amides is 1. The van der Waals surface area contributed by atoms with Crippen molar-refractivity contribution in [2.45, 2.75) is 51.7 Å². The first-order valence-electron chi connectivity index (χ1n) is 8.96. The lowest BCUT2D eigenvalue weighted by Gasteiger charge is -2.20. The molecule has 0 aromatic heterocycles. The van der Waals surface area contributed by atoms with Crippen LogP contribution in [0, 0.1) is 0 Å². The quantitative estimate of drug-likeness (QED) is 0.814. The molecule has 0 saturated carbocycles. The van der Waals surface area contributed by atoms with Gasteiger partial charge in [-0.25, -0.2) is 0 Å². The van der Waals surface area contributed by atoms with Crippen molar-refractivity contribution >= 4 is 17.5 Å². The molecule has 1 atom stereocenters. The Balaban J connectivity index is 1.59. The summed E-state index contributed by atoms with van der Waals surface area (Å²) in [5, 5.41) is 3.64. The fourth-order valence-corrected chi connectivity index (χ4v) is 3.30. The van der Waals surface area contributed by atoms with Gasteiger partial charge in [-0.2, -0.15) is 0 Å². The summed E-state index contributed by atoms with van der Waals surface area (Å²) >= 11 is 5.88. The third kappa shape index (κ3) is 4.76. The van der Waals surface area contributed by atoms with Crippen LogP contribution in [0.15, 0.2) is 42.5 Å². The molecule has 0 aliphatic heterocycles. The van der Waals surface area contributed by atoms with E-state index in [1.165, 1.54) is 24.0 Å². The largest absolute Gasteiger partial charge is 0.481 e. The van der Waals surface area contributed by atoms with Crippen LogP contribution in [0.2, 0.25) is 5.02 Å². The lowest BCUT2D eigenvalue weighted by atomic mass is 9.92. The van der Waals surface area contributed by atoms with Gasteiger partial charge in [0.2, 0.25) is 0 Å². The average Bonchev–Trinajstić information content (AvgIpc) is 2.65. The minimum Gasteiger partial charge on any atom is -0.481 e. The molecule has 2 aromatic carbocycles. The van der Waals surface area contributed by atoms with Crippen LogP contribution in [-0.2, 0) is 24.2 Å². The molecule has 1 aliphatic rings. The van der Waals surface area contributed by atoms with Crippen LogP contribution in [0.4, 0.5) is 0 Å². The summed E-state index contributed by atoms with van der Waals surface area (Å²) in [7, 11) is 0. The lowest BCUT2D eigenvalue weighted by Crippen LogP contribution is -2.37. The molecule has 1 unspecified atom stereocenters. The fourth-order valence-electron chi connectivity index (χ4n) is 3.17. The lowest BCUT2D eigenvalue weighted by molar-refractivity contribution is -0.128. The molecule has 2 aromatic rings. The topological polar surface area (TPSA) is 38.3 Å².